The first-order valence-corrected chi connectivity index (χ1v) is 48.9. The summed E-state index contributed by atoms with van der Waals surface area (Å²) in [5, 5.41) is 29.3. The SMILES string of the molecule is CCC(=O)O[C@]1(C(=O)CO)CC[C@H]2[C@@H]3CCC4=CC(=O)CC[C@]4(C)[C@H]3CC[C@@]21C.CCCC(=O)OCC(=O)[C@@]1(OC(=O)CCC)CCC2C3CCC4=CC(=O)CC[C@]4(C)C3CC[C@@]21C.CCCC(=O)O[C@@]1(C(=O)CO)CCC2C3CCC4=CC(=O)CC[C@]4(C)C3=CC[C@@]21C.CCCCC(=O)O[C@]1(C(=O)CO)CC[C@H]2[C@@H]3CCC4=CC(=O)CC[C@]4(C)[C@H]3CC[C@@]21C. The lowest BCUT2D eigenvalue weighted by Crippen LogP contribution is -2.60. The van der Waals surface area contributed by atoms with Crippen molar-refractivity contribution in [3.8, 4) is 0 Å². The number of esters is 5. The maximum atomic E-state index is 13.8. The quantitative estimate of drug-likeness (QED) is 0.0486. The lowest BCUT2D eigenvalue weighted by Gasteiger charge is -2.59. The van der Waals surface area contributed by atoms with E-state index >= 15 is 0 Å². The van der Waals surface area contributed by atoms with Crippen molar-refractivity contribution >= 4 is 76.1 Å². The molecule has 0 saturated heterocycles. The largest absolute Gasteiger partial charge is 0.457 e. The molecule has 125 heavy (non-hydrogen) atoms. The van der Waals surface area contributed by atoms with Crippen molar-refractivity contribution in [3.63, 3.8) is 0 Å². The van der Waals surface area contributed by atoms with E-state index in [9.17, 15) is 77.6 Å². The highest BCUT2D eigenvalue weighted by Crippen LogP contribution is 2.74. The molecule has 0 radical (unpaired) electrons. The highest BCUT2D eigenvalue weighted by molar-refractivity contribution is 5.97. The smallest absolute Gasteiger partial charge is 0.306 e. The van der Waals surface area contributed by atoms with Gasteiger partial charge in [-0.25, -0.2) is 0 Å². The molecule has 0 aromatic rings. The average molecular weight is 1730 g/mol. The summed E-state index contributed by atoms with van der Waals surface area (Å²) in [7, 11) is 0. The van der Waals surface area contributed by atoms with Crippen molar-refractivity contribution in [2.75, 3.05) is 26.4 Å². The van der Waals surface area contributed by atoms with E-state index in [1.807, 2.05) is 52.0 Å². The number of hydrogen-bond donors (Lipinski definition) is 3. The second-order valence-corrected chi connectivity index (χ2v) is 43.2. The number of hydrogen-bond acceptors (Lipinski definition) is 21. The molecule has 11 saturated carbocycles. The van der Waals surface area contributed by atoms with Crippen LogP contribution in [0.25, 0.3) is 0 Å². The predicted molar refractivity (Wildman–Crippen MR) is 469 cm³/mol. The van der Waals surface area contributed by atoms with Gasteiger partial charge in [-0.1, -0.05) is 130 Å². The summed E-state index contributed by atoms with van der Waals surface area (Å²) in [6.45, 7) is 25.2. The van der Waals surface area contributed by atoms with Gasteiger partial charge < -0.3 is 39.0 Å². The molecule has 11 fully saturated rings. The molecule has 0 amide bonds. The number of fused-ring (bicyclic) bond motifs is 20. The number of Topliss-reactive ketones (excluding diaryl/α,β-unsaturated/α-hetero) is 4. The third kappa shape index (κ3) is 16.1. The standard InChI is InChI=1S/C29H42O6.C26H38O5.C25H34O5.C24H34O5/c1-5-7-25(32)34-18-24(31)29(35-26(33)8-6-2)16-13-23-21-10-9-19-17-20(30)11-14-27(19,3)22(21)12-15-28(23,29)4;1-4-5-6-23(30)31-26(22(29)16-27)14-11-21-19-8-7-17-15-18(28)9-12-24(17,2)20(19)10-13-25(21,26)3;1-4-5-22(29)30-25(21(28)15-26)13-10-20-18-7-6-16-14-17(27)8-11-23(16,2)19(18)9-12-24(20,25)3;1-4-21(28)29-24(20(27)14-25)12-9-19-17-6-5-15-13-16(26)7-10-22(15,2)18(17)8-11-23(19,24)3/h17,21-23H,5-16,18H2,1-4H3;15,19-21,27H,4-14,16H2,1-3H3;9,14,18,20,26H,4-8,10-13,15H2,1-3H3;13,17-19,25H,4-12,14H2,1-3H3/t21?,22?,23?,27-,28-,29-;19-,20+,21+,24+,25+,26+;18?,20?,23-,24-,25+;17-,18+,19+,22+,23+,24+/m0101/s1. The number of aliphatic hydroxyl groups excluding tert-OH is 3. The number of rotatable bonds is 23. The Kier molecular flexibility index (Phi) is 28.3. The first kappa shape index (κ1) is 95.9. The van der Waals surface area contributed by atoms with Gasteiger partial charge in [0.2, 0.25) is 23.1 Å². The van der Waals surface area contributed by atoms with E-state index in [2.05, 4.69) is 61.5 Å². The summed E-state index contributed by atoms with van der Waals surface area (Å²) in [6.07, 6.45) is 40.2. The summed E-state index contributed by atoms with van der Waals surface area (Å²) < 4.78 is 29.4. The van der Waals surface area contributed by atoms with Crippen LogP contribution in [0.1, 0.15) is 353 Å². The molecule has 21 heteroatoms. The summed E-state index contributed by atoms with van der Waals surface area (Å²) in [5.74, 6) is 2.30. The molecule has 3 N–H and O–H groups in total. The fourth-order valence-electron chi connectivity index (χ4n) is 30.9. The van der Waals surface area contributed by atoms with Crippen LogP contribution in [0.15, 0.2) is 58.2 Å². The summed E-state index contributed by atoms with van der Waals surface area (Å²) in [5.41, 5.74) is 0.0690. The van der Waals surface area contributed by atoms with Crippen LogP contribution in [0.5, 0.6) is 0 Å². The van der Waals surface area contributed by atoms with E-state index in [0.29, 0.717) is 137 Å². The molecular weight excluding hydrogens is 1590 g/mol. The first-order valence-electron chi connectivity index (χ1n) is 48.9. The van der Waals surface area contributed by atoms with Crippen LogP contribution in [0.2, 0.25) is 0 Å². The molecule has 0 aromatic heterocycles. The van der Waals surface area contributed by atoms with E-state index in [1.54, 1.807) is 6.92 Å². The molecule has 0 aromatic carbocycles. The fraction of sp³-hybridized carbons (Fsp3) is 0.779. The number of carbonyl (C=O) groups excluding carboxylic acids is 13. The van der Waals surface area contributed by atoms with Gasteiger partial charge in [-0.15, -0.1) is 0 Å². The third-order valence-electron chi connectivity index (χ3n) is 37.8. The molecule has 0 heterocycles. The Morgan fingerprint density at radius 1 is 0.336 bits per heavy atom. The van der Waals surface area contributed by atoms with Crippen LogP contribution in [-0.4, -0.2) is 140 Å². The van der Waals surface area contributed by atoms with Gasteiger partial charge in [-0.05, 0) is 305 Å². The molecule has 690 valence electrons. The van der Waals surface area contributed by atoms with Crippen molar-refractivity contribution < 1.29 is 101 Å². The van der Waals surface area contributed by atoms with Crippen LogP contribution in [0, 0.1) is 108 Å². The molecule has 16 aliphatic carbocycles. The van der Waals surface area contributed by atoms with Crippen molar-refractivity contribution in [2.24, 2.45) is 108 Å². The van der Waals surface area contributed by atoms with Crippen LogP contribution < -0.4 is 0 Å². The highest BCUT2D eigenvalue weighted by atomic mass is 16.6. The number of ketones is 8. The van der Waals surface area contributed by atoms with Crippen LogP contribution in [0.3, 0.4) is 0 Å². The molecule has 23 atom stereocenters. The van der Waals surface area contributed by atoms with Gasteiger partial charge in [-0.2, -0.15) is 0 Å². The molecule has 0 spiro atoms. The topological polar surface area (TPSA) is 329 Å². The number of aliphatic hydroxyl groups is 3. The van der Waals surface area contributed by atoms with Gasteiger partial charge in [0.05, 0.1) is 0 Å². The Morgan fingerprint density at radius 3 is 1.04 bits per heavy atom. The van der Waals surface area contributed by atoms with E-state index in [1.165, 1.54) is 27.9 Å². The molecule has 0 aliphatic heterocycles. The summed E-state index contributed by atoms with van der Waals surface area (Å²) >= 11 is 0. The van der Waals surface area contributed by atoms with Crippen LogP contribution in [0.4, 0.5) is 0 Å². The van der Waals surface area contributed by atoms with Gasteiger partial charge in [0.1, 0.15) is 19.8 Å². The van der Waals surface area contributed by atoms with Gasteiger partial charge in [0.25, 0.3) is 0 Å². The maximum absolute atomic E-state index is 13.8. The second kappa shape index (κ2) is 36.9. The number of unbranched alkanes of at least 4 members (excludes halogenated alkanes) is 1. The normalized spacial score (nSPS) is 40.7. The fourth-order valence-corrected chi connectivity index (χ4v) is 30.9. The Hall–Kier alpha value is -6.71. The monoisotopic (exact) mass is 1730 g/mol. The Bertz CT molecular complexity index is 4420. The van der Waals surface area contributed by atoms with E-state index in [-0.39, 0.29) is 142 Å². The number of carbonyl (C=O) groups is 13. The van der Waals surface area contributed by atoms with Crippen LogP contribution in [-0.2, 0) is 86.0 Å². The van der Waals surface area contributed by atoms with Crippen molar-refractivity contribution in [3.05, 3.63) is 58.2 Å². The zero-order valence-corrected chi connectivity index (χ0v) is 77.7. The Morgan fingerprint density at radius 2 is 0.664 bits per heavy atom. The second-order valence-electron chi connectivity index (χ2n) is 43.2. The van der Waals surface area contributed by atoms with Gasteiger partial charge in [-0.3, -0.25) is 62.3 Å². The number of ether oxygens (including phenoxy) is 5. The maximum Gasteiger partial charge on any atom is 0.306 e. The predicted octanol–water partition coefficient (Wildman–Crippen LogP) is 17.9. The van der Waals surface area contributed by atoms with Crippen molar-refractivity contribution in [1.82, 2.24) is 0 Å². The molecule has 0 bridgehead atoms. The van der Waals surface area contributed by atoms with Gasteiger partial charge in [0.15, 0.2) is 52.1 Å². The Labute approximate surface area is 742 Å². The highest BCUT2D eigenvalue weighted by Gasteiger charge is 2.74. The molecular formula is C104H148O21. The third-order valence-corrected chi connectivity index (χ3v) is 37.8. The van der Waals surface area contributed by atoms with Gasteiger partial charge in [0, 0.05) is 84.9 Å². The first-order chi connectivity index (χ1) is 59.3. The molecule has 5 unspecified atom stereocenters. The van der Waals surface area contributed by atoms with Crippen LogP contribution >= 0.6 is 0 Å². The van der Waals surface area contributed by atoms with E-state index in [0.717, 1.165) is 154 Å². The lowest BCUT2D eigenvalue weighted by atomic mass is 9.46. The zero-order valence-electron chi connectivity index (χ0n) is 77.7. The minimum atomic E-state index is -1.24. The van der Waals surface area contributed by atoms with Crippen molar-refractivity contribution in [2.45, 2.75) is 376 Å². The minimum absolute atomic E-state index is 0.0436. The lowest BCUT2D eigenvalue weighted by molar-refractivity contribution is -0.192. The summed E-state index contributed by atoms with van der Waals surface area (Å²) in [6, 6.07) is 0. The molecule has 21 nitrogen and oxygen atoms in total. The number of allylic oxidation sites excluding steroid dienone is 7. The van der Waals surface area contributed by atoms with Crippen molar-refractivity contribution in [1.29, 1.82) is 0 Å². The van der Waals surface area contributed by atoms with E-state index in [4.69, 9.17) is 23.7 Å². The minimum Gasteiger partial charge on any atom is -0.457 e. The summed E-state index contributed by atoms with van der Waals surface area (Å²) in [4.78, 5) is 163. The Balaban J connectivity index is 0.000000143. The molecule has 16 aliphatic rings. The van der Waals surface area contributed by atoms with E-state index < -0.39 is 63.9 Å². The average Bonchev–Trinajstić information content (AvgIpc) is 1.60. The van der Waals surface area contributed by atoms with Gasteiger partial charge >= 0.3 is 29.8 Å². The zero-order chi connectivity index (χ0) is 90.6. The molecule has 16 rings (SSSR count).